The average molecular weight is 268 g/mol. The van der Waals surface area contributed by atoms with Crippen molar-refractivity contribution in [2.45, 2.75) is 20.8 Å². The van der Waals surface area contributed by atoms with Gasteiger partial charge in [0.1, 0.15) is 0 Å². The number of carbonyl (C=O) groups is 1. The molecule has 0 saturated carbocycles. The van der Waals surface area contributed by atoms with Crippen LogP contribution in [0.5, 0.6) is 0 Å². The Morgan fingerprint density at radius 2 is 1.65 bits per heavy atom. The van der Waals surface area contributed by atoms with Gasteiger partial charge in [0.2, 0.25) is 0 Å². The van der Waals surface area contributed by atoms with E-state index in [0.717, 1.165) is 16.8 Å². The number of rotatable bonds is 2. The van der Waals surface area contributed by atoms with Gasteiger partial charge in [-0.1, -0.05) is 23.8 Å². The quantitative estimate of drug-likeness (QED) is 0.848. The van der Waals surface area contributed by atoms with Gasteiger partial charge < -0.3 is 10.6 Å². The van der Waals surface area contributed by atoms with E-state index in [0.29, 0.717) is 11.3 Å². The molecule has 0 heterocycles. The first kappa shape index (κ1) is 14.1. The molecule has 0 bridgehead atoms. The van der Waals surface area contributed by atoms with Crippen LogP contribution in [-0.2, 0) is 0 Å². The summed E-state index contributed by atoms with van der Waals surface area (Å²) in [6.45, 7) is 6.11. The normalized spacial score (nSPS) is 10.4. The Bertz CT molecular complexity index is 639. The van der Waals surface area contributed by atoms with Crippen molar-refractivity contribution >= 4 is 17.3 Å². The van der Waals surface area contributed by atoms with E-state index in [1.807, 2.05) is 13.8 Å². The van der Waals surface area contributed by atoms with Crippen LogP contribution in [0.2, 0.25) is 0 Å². The van der Waals surface area contributed by atoms with Crippen molar-refractivity contribution in [3.05, 3.63) is 58.7 Å². The Labute approximate surface area is 120 Å². The third-order valence-electron chi connectivity index (χ3n) is 3.41. The highest BCUT2D eigenvalue weighted by Gasteiger charge is 2.17. The van der Waals surface area contributed by atoms with Crippen LogP contribution in [0.15, 0.2) is 36.4 Å². The number of amides is 1. The molecule has 104 valence electrons. The Morgan fingerprint density at radius 1 is 1.05 bits per heavy atom. The molecule has 3 nitrogen and oxygen atoms in total. The summed E-state index contributed by atoms with van der Waals surface area (Å²) in [6, 6.07) is 11.2. The molecule has 0 aromatic heterocycles. The van der Waals surface area contributed by atoms with Crippen molar-refractivity contribution < 1.29 is 4.79 Å². The van der Waals surface area contributed by atoms with Gasteiger partial charge >= 0.3 is 0 Å². The van der Waals surface area contributed by atoms with Gasteiger partial charge in [-0.3, -0.25) is 4.79 Å². The van der Waals surface area contributed by atoms with Crippen LogP contribution < -0.4 is 10.6 Å². The van der Waals surface area contributed by atoms with Gasteiger partial charge in [0.05, 0.1) is 0 Å². The first-order valence-electron chi connectivity index (χ1n) is 6.61. The van der Waals surface area contributed by atoms with Crippen molar-refractivity contribution in [3.8, 4) is 0 Å². The van der Waals surface area contributed by atoms with Gasteiger partial charge in [0, 0.05) is 24.0 Å². The molecule has 3 heteroatoms. The lowest BCUT2D eigenvalue weighted by Gasteiger charge is -2.22. The number of nitrogens with two attached hydrogens (primary N) is 1. The Balaban J connectivity index is 2.41. The highest BCUT2D eigenvalue weighted by molar-refractivity contribution is 6.07. The molecule has 2 rings (SSSR count). The highest BCUT2D eigenvalue weighted by Crippen LogP contribution is 2.26. The minimum atomic E-state index is -0.0487. The van der Waals surface area contributed by atoms with Crippen molar-refractivity contribution in [3.63, 3.8) is 0 Å². The monoisotopic (exact) mass is 268 g/mol. The van der Waals surface area contributed by atoms with Crippen molar-refractivity contribution in [1.82, 2.24) is 0 Å². The lowest BCUT2D eigenvalue weighted by atomic mass is 10.0. The number of hydrogen-bond donors (Lipinski definition) is 1. The molecular weight excluding hydrogens is 248 g/mol. The molecule has 0 atom stereocenters. The third kappa shape index (κ3) is 2.67. The van der Waals surface area contributed by atoms with E-state index < -0.39 is 0 Å². The molecule has 0 aliphatic carbocycles. The molecule has 0 aliphatic heterocycles. The number of nitrogen functional groups attached to an aromatic ring is 1. The Morgan fingerprint density at radius 3 is 2.20 bits per heavy atom. The number of nitrogens with zero attached hydrogens (tertiary/aromatic N) is 1. The number of hydrogen-bond acceptors (Lipinski definition) is 2. The molecule has 0 unspecified atom stereocenters. The smallest absolute Gasteiger partial charge is 0.258 e. The summed E-state index contributed by atoms with van der Waals surface area (Å²) in [5.41, 5.74) is 11.3. The molecule has 0 saturated heterocycles. The third-order valence-corrected chi connectivity index (χ3v) is 3.41. The van der Waals surface area contributed by atoms with Crippen molar-refractivity contribution in [1.29, 1.82) is 0 Å². The molecule has 0 radical (unpaired) electrons. The molecule has 2 N–H and O–H groups in total. The molecule has 0 aliphatic rings. The molecule has 2 aromatic carbocycles. The van der Waals surface area contributed by atoms with Gasteiger partial charge in [0.15, 0.2) is 0 Å². The second kappa shape index (κ2) is 5.37. The van der Waals surface area contributed by atoms with Gasteiger partial charge in [-0.25, -0.2) is 0 Å². The fourth-order valence-electron chi connectivity index (χ4n) is 2.67. The summed E-state index contributed by atoms with van der Waals surface area (Å²) < 4.78 is 0. The predicted octanol–water partition coefficient (Wildman–Crippen LogP) is 3.47. The lowest BCUT2D eigenvalue weighted by molar-refractivity contribution is 0.0992. The minimum absolute atomic E-state index is 0.0487. The Kier molecular flexibility index (Phi) is 3.79. The zero-order valence-corrected chi connectivity index (χ0v) is 12.4. The first-order valence-corrected chi connectivity index (χ1v) is 6.61. The van der Waals surface area contributed by atoms with E-state index in [2.05, 4.69) is 19.1 Å². The molecule has 1 amide bonds. The Hall–Kier alpha value is -2.29. The average Bonchev–Trinajstić information content (AvgIpc) is 2.36. The van der Waals surface area contributed by atoms with E-state index in [9.17, 15) is 4.79 Å². The van der Waals surface area contributed by atoms with Crippen LogP contribution in [0, 0.1) is 20.8 Å². The van der Waals surface area contributed by atoms with Gasteiger partial charge in [-0.15, -0.1) is 0 Å². The SMILES string of the molecule is Cc1cc(C)c(N(C)C(=O)c2cccc(N)c2)c(C)c1. The second-order valence-corrected chi connectivity index (χ2v) is 5.24. The van der Waals surface area contributed by atoms with Gasteiger partial charge in [0.25, 0.3) is 5.91 Å². The topological polar surface area (TPSA) is 46.3 Å². The fourth-order valence-corrected chi connectivity index (χ4v) is 2.67. The molecule has 2 aromatic rings. The molecular formula is C17H20N2O. The maximum absolute atomic E-state index is 12.6. The maximum Gasteiger partial charge on any atom is 0.258 e. The molecule has 0 spiro atoms. The van der Waals surface area contributed by atoms with Crippen LogP contribution in [0.25, 0.3) is 0 Å². The van der Waals surface area contributed by atoms with E-state index >= 15 is 0 Å². The minimum Gasteiger partial charge on any atom is -0.399 e. The maximum atomic E-state index is 12.6. The summed E-state index contributed by atoms with van der Waals surface area (Å²) in [6.07, 6.45) is 0. The fraction of sp³-hybridized carbons (Fsp3) is 0.235. The van der Waals surface area contributed by atoms with E-state index in [1.54, 1.807) is 36.2 Å². The van der Waals surface area contributed by atoms with E-state index in [-0.39, 0.29) is 5.91 Å². The molecule has 20 heavy (non-hydrogen) atoms. The zero-order valence-electron chi connectivity index (χ0n) is 12.4. The number of aryl methyl sites for hydroxylation is 3. The lowest BCUT2D eigenvalue weighted by Crippen LogP contribution is -2.27. The van der Waals surface area contributed by atoms with Crippen molar-refractivity contribution in [2.75, 3.05) is 17.7 Å². The van der Waals surface area contributed by atoms with E-state index in [1.165, 1.54) is 5.56 Å². The summed E-state index contributed by atoms with van der Waals surface area (Å²) >= 11 is 0. The molecule has 0 fully saturated rings. The number of carbonyl (C=O) groups excluding carboxylic acids is 1. The summed E-state index contributed by atoms with van der Waals surface area (Å²) in [5.74, 6) is -0.0487. The highest BCUT2D eigenvalue weighted by atomic mass is 16.2. The van der Waals surface area contributed by atoms with Crippen LogP contribution in [0.3, 0.4) is 0 Å². The summed E-state index contributed by atoms with van der Waals surface area (Å²) in [5, 5.41) is 0. The van der Waals surface area contributed by atoms with Gasteiger partial charge in [-0.05, 0) is 50.1 Å². The number of anilines is 2. The van der Waals surface area contributed by atoms with Gasteiger partial charge in [-0.2, -0.15) is 0 Å². The van der Waals surface area contributed by atoms with Crippen LogP contribution in [0.1, 0.15) is 27.0 Å². The standard InChI is InChI=1S/C17H20N2O/c1-11-8-12(2)16(13(3)9-11)19(4)17(20)14-6-5-7-15(18)10-14/h5-10H,18H2,1-4H3. The predicted molar refractivity (Wildman–Crippen MR) is 84.2 cm³/mol. The summed E-state index contributed by atoms with van der Waals surface area (Å²) in [7, 11) is 1.80. The van der Waals surface area contributed by atoms with Crippen LogP contribution in [0.4, 0.5) is 11.4 Å². The zero-order chi connectivity index (χ0) is 14.9. The first-order chi connectivity index (χ1) is 9.40. The largest absolute Gasteiger partial charge is 0.399 e. The van der Waals surface area contributed by atoms with Crippen LogP contribution in [-0.4, -0.2) is 13.0 Å². The van der Waals surface area contributed by atoms with Crippen molar-refractivity contribution in [2.24, 2.45) is 0 Å². The number of benzene rings is 2. The van der Waals surface area contributed by atoms with E-state index in [4.69, 9.17) is 5.73 Å². The second-order valence-electron chi connectivity index (χ2n) is 5.24. The summed E-state index contributed by atoms with van der Waals surface area (Å²) in [4.78, 5) is 14.3. The van der Waals surface area contributed by atoms with Crippen LogP contribution >= 0.6 is 0 Å².